The van der Waals surface area contributed by atoms with E-state index in [4.69, 9.17) is 10.2 Å². The van der Waals surface area contributed by atoms with Crippen LogP contribution in [0.1, 0.15) is 12.6 Å². The first-order valence-corrected chi connectivity index (χ1v) is 4.38. The van der Waals surface area contributed by atoms with Crippen molar-refractivity contribution in [2.75, 3.05) is 0 Å². The Bertz CT molecular complexity index is 484. The Labute approximate surface area is 94.7 Å². The Hall–Kier alpha value is -2.51. The molecule has 90 valence electrons. The molecule has 0 saturated heterocycles. The zero-order chi connectivity index (χ0) is 13.2. The lowest BCUT2D eigenvalue weighted by atomic mass is 9.85. The Morgan fingerprint density at radius 1 is 1.41 bits per heavy atom. The molecule has 8 nitrogen and oxygen atoms in total. The molecule has 0 radical (unpaired) electrons. The first kappa shape index (κ1) is 12.6. The van der Waals surface area contributed by atoms with Crippen LogP contribution in [-0.4, -0.2) is 32.1 Å². The maximum Gasteiger partial charge on any atom is 0.327 e. The average Bonchev–Trinajstić information content (AvgIpc) is 2.27. The summed E-state index contributed by atoms with van der Waals surface area (Å²) in [5, 5.41) is 28.5. The molecule has 0 aliphatic rings. The van der Waals surface area contributed by atoms with Crippen LogP contribution in [0.25, 0.3) is 0 Å². The summed E-state index contributed by atoms with van der Waals surface area (Å²) in [6.45, 7) is 0.854. The van der Waals surface area contributed by atoms with E-state index in [1.54, 1.807) is 0 Å². The summed E-state index contributed by atoms with van der Waals surface area (Å²) in [6.07, 6.45) is 1.10. The maximum absolute atomic E-state index is 11.0. The van der Waals surface area contributed by atoms with E-state index in [-0.39, 0.29) is 0 Å². The zero-order valence-electron chi connectivity index (χ0n) is 8.65. The number of carboxylic acids is 2. The smallest absolute Gasteiger partial charge is 0.327 e. The van der Waals surface area contributed by atoms with E-state index in [1.807, 2.05) is 0 Å². The number of aliphatic carboxylic acids is 2. The summed E-state index contributed by atoms with van der Waals surface area (Å²) in [7, 11) is 0. The van der Waals surface area contributed by atoms with Crippen LogP contribution in [0.5, 0.6) is 0 Å². The topological polar surface area (TPSA) is 131 Å². The van der Waals surface area contributed by atoms with Crippen molar-refractivity contribution < 1.29 is 24.7 Å². The second kappa shape index (κ2) is 4.16. The van der Waals surface area contributed by atoms with Crippen molar-refractivity contribution in [1.82, 2.24) is 4.98 Å². The SMILES string of the molecule is CC(C(=O)O)(C(=O)O)c1ncccc1[N+](=O)[O-]. The number of hydrogen-bond donors (Lipinski definition) is 2. The van der Waals surface area contributed by atoms with Gasteiger partial charge in [-0.2, -0.15) is 0 Å². The van der Waals surface area contributed by atoms with E-state index in [2.05, 4.69) is 4.98 Å². The monoisotopic (exact) mass is 240 g/mol. The molecule has 0 aromatic carbocycles. The normalized spacial score (nSPS) is 10.9. The van der Waals surface area contributed by atoms with Crippen molar-refractivity contribution in [3.63, 3.8) is 0 Å². The molecule has 0 amide bonds. The van der Waals surface area contributed by atoms with E-state index in [1.165, 1.54) is 6.07 Å². The van der Waals surface area contributed by atoms with Crippen LogP contribution in [0.15, 0.2) is 18.3 Å². The Kier molecular flexibility index (Phi) is 3.07. The van der Waals surface area contributed by atoms with Gasteiger partial charge < -0.3 is 10.2 Å². The highest BCUT2D eigenvalue weighted by molar-refractivity contribution is 6.04. The van der Waals surface area contributed by atoms with Gasteiger partial charge in [-0.15, -0.1) is 0 Å². The number of nitro groups is 1. The molecule has 1 aromatic heterocycles. The van der Waals surface area contributed by atoms with Gasteiger partial charge in [0.15, 0.2) is 0 Å². The van der Waals surface area contributed by atoms with E-state index in [0.29, 0.717) is 0 Å². The standard InChI is InChI=1S/C9H8N2O6/c1-9(7(12)13,8(14)15)6-5(11(16)17)3-2-4-10-6/h2-4H,1H3,(H,12,13)(H,14,15). The Morgan fingerprint density at radius 3 is 2.35 bits per heavy atom. The van der Waals surface area contributed by atoms with Crippen LogP contribution in [0, 0.1) is 10.1 Å². The zero-order valence-corrected chi connectivity index (χ0v) is 8.65. The lowest BCUT2D eigenvalue weighted by molar-refractivity contribution is -0.386. The van der Waals surface area contributed by atoms with Crippen LogP contribution < -0.4 is 0 Å². The third kappa shape index (κ3) is 1.92. The van der Waals surface area contributed by atoms with Crippen molar-refractivity contribution in [3.05, 3.63) is 34.1 Å². The molecule has 0 bridgehead atoms. The minimum Gasteiger partial charge on any atom is -0.480 e. The minimum absolute atomic E-state index is 0.606. The lowest BCUT2D eigenvalue weighted by Gasteiger charge is -2.18. The molecule has 0 spiro atoms. The predicted molar refractivity (Wildman–Crippen MR) is 53.5 cm³/mol. The fourth-order valence-electron chi connectivity index (χ4n) is 1.22. The third-order valence-electron chi connectivity index (χ3n) is 2.31. The van der Waals surface area contributed by atoms with Crippen LogP contribution in [0.4, 0.5) is 5.69 Å². The quantitative estimate of drug-likeness (QED) is 0.442. The highest BCUT2D eigenvalue weighted by Gasteiger charge is 2.49. The first-order valence-electron chi connectivity index (χ1n) is 4.38. The summed E-state index contributed by atoms with van der Waals surface area (Å²) in [5.41, 5.74) is -3.70. The predicted octanol–water partition coefficient (Wildman–Crippen LogP) is 0.417. The number of rotatable bonds is 4. The van der Waals surface area contributed by atoms with Crippen LogP contribution >= 0.6 is 0 Å². The summed E-state index contributed by atoms with van der Waals surface area (Å²) in [5.74, 6) is -3.43. The van der Waals surface area contributed by atoms with Crippen molar-refractivity contribution in [3.8, 4) is 0 Å². The summed E-state index contributed by atoms with van der Waals surface area (Å²) >= 11 is 0. The molecule has 17 heavy (non-hydrogen) atoms. The fourth-order valence-corrected chi connectivity index (χ4v) is 1.22. The molecule has 0 unspecified atom stereocenters. The second-order valence-corrected chi connectivity index (χ2v) is 3.36. The summed E-state index contributed by atoms with van der Waals surface area (Å²) in [6, 6.07) is 2.23. The second-order valence-electron chi connectivity index (χ2n) is 3.36. The molecular formula is C9H8N2O6. The van der Waals surface area contributed by atoms with Gasteiger partial charge >= 0.3 is 11.9 Å². The minimum atomic E-state index is -2.45. The van der Waals surface area contributed by atoms with E-state index >= 15 is 0 Å². The maximum atomic E-state index is 11.0. The van der Waals surface area contributed by atoms with Gasteiger partial charge in [0, 0.05) is 12.3 Å². The van der Waals surface area contributed by atoms with Crippen molar-refractivity contribution >= 4 is 17.6 Å². The van der Waals surface area contributed by atoms with E-state index in [0.717, 1.165) is 19.2 Å². The number of aromatic nitrogens is 1. The van der Waals surface area contributed by atoms with Crippen LogP contribution in [-0.2, 0) is 15.0 Å². The largest absolute Gasteiger partial charge is 0.480 e. The van der Waals surface area contributed by atoms with Gasteiger partial charge in [0.1, 0.15) is 5.69 Å². The van der Waals surface area contributed by atoms with E-state index < -0.39 is 33.7 Å². The molecular weight excluding hydrogens is 232 g/mol. The Morgan fingerprint density at radius 2 is 1.94 bits per heavy atom. The molecule has 2 N–H and O–H groups in total. The molecule has 1 heterocycles. The molecule has 0 saturated carbocycles. The molecule has 8 heteroatoms. The molecule has 0 atom stereocenters. The number of carbonyl (C=O) groups is 2. The van der Waals surface area contributed by atoms with Crippen molar-refractivity contribution in [2.45, 2.75) is 12.3 Å². The van der Waals surface area contributed by atoms with E-state index in [9.17, 15) is 19.7 Å². The van der Waals surface area contributed by atoms with Crippen molar-refractivity contribution in [1.29, 1.82) is 0 Å². The first-order chi connectivity index (χ1) is 7.81. The van der Waals surface area contributed by atoms with Gasteiger partial charge in [-0.1, -0.05) is 0 Å². The molecule has 0 fully saturated rings. The lowest BCUT2D eigenvalue weighted by Crippen LogP contribution is -2.42. The number of hydrogen-bond acceptors (Lipinski definition) is 5. The van der Waals surface area contributed by atoms with Crippen LogP contribution in [0.2, 0.25) is 0 Å². The van der Waals surface area contributed by atoms with Gasteiger partial charge in [-0.3, -0.25) is 24.7 Å². The molecule has 0 aliphatic heterocycles. The van der Waals surface area contributed by atoms with Gasteiger partial charge in [-0.25, -0.2) is 0 Å². The van der Waals surface area contributed by atoms with Gasteiger partial charge in [0.05, 0.1) is 4.92 Å². The molecule has 1 aromatic rings. The summed E-state index contributed by atoms with van der Waals surface area (Å²) < 4.78 is 0. The van der Waals surface area contributed by atoms with Crippen LogP contribution in [0.3, 0.4) is 0 Å². The summed E-state index contributed by atoms with van der Waals surface area (Å²) in [4.78, 5) is 35.3. The van der Waals surface area contributed by atoms with Gasteiger partial charge in [0.25, 0.3) is 5.69 Å². The van der Waals surface area contributed by atoms with Crippen molar-refractivity contribution in [2.24, 2.45) is 0 Å². The van der Waals surface area contributed by atoms with Gasteiger partial charge in [-0.05, 0) is 13.0 Å². The third-order valence-corrected chi connectivity index (χ3v) is 2.31. The average molecular weight is 240 g/mol. The molecule has 1 rings (SSSR count). The molecule has 0 aliphatic carbocycles. The highest BCUT2D eigenvalue weighted by atomic mass is 16.6. The number of carboxylic acid groups (broad SMARTS) is 2. The Balaban J connectivity index is 3.55. The highest BCUT2D eigenvalue weighted by Crippen LogP contribution is 2.30. The fraction of sp³-hybridized carbons (Fsp3) is 0.222. The number of nitrogens with zero attached hydrogens (tertiary/aromatic N) is 2. The number of pyridine rings is 1. The van der Waals surface area contributed by atoms with Gasteiger partial charge in [0.2, 0.25) is 5.41 Å².